The van der Waals surface area contributed by atoms with Crippen molar-refractivity contribution in [3.8, 4) is 0 Å². The normalized spacial score (nSPS) is 12.9. The number of nitrogen functional groups attached to an aromatic ring is 1. The summed E-state index contributed by atoms with van der Waals surface area (Å²) in [5.74, 6) is 1.07. The van der Waals surface area contributed by atoms with E-state index in [0.717, 1.165) is 21.2 Å². The lowest BCUT2D eigenvalue weighted by Crippen LogP contribution is -2.41. The molecule has 9 heteroatoms. The van der Waals surface area contributed by atoms with E-state index < -0.39 is 5.60 Å². The highest BCUT2D eigenvalue weighted by molar-refractivity contribution is 14.1. The SMILES string of the molecule is CCC(Nc1nc(NCc2cc(I)ccc2N)c2ncn(C)c2n1)C(C)(C)O. The second kappa shape index (κ2) is 8.08. The van der Waals surface area contributed by atoms with Crippen LogP contribution in [-0.2, 0) is 13.6 Å². The summed E-state index contributed by atoms with van der Waals surface area (Å²) < 4.78 is 2.96. The molecular weight excluding hydrogens is 469 g/mol. The molecule has 0 aliphatic heterocycles. The van der Waals surface area contributed by atoms with E-state index >= 15 is 0 Å². The molecule has 2 heterocycles. The van der Waals surface area contributed by atoms with E-state index in [9.17, 15) is 5.11 Å². The van der Waals surface area contributed by atoms with Crippen LogP contribution in [-0.4, -0.2) is 36.3 Å². The Balaban J connectivity index is 1.93. The van der Waals surface area contributed by atoms with E-state index in [1.807, 2.05) is 36.7 Å². The van der Waals surface area contributed by atoms with Crippen molar-refractivity contribution in [1.82, 2.24) is 19.5 Å². The summed E-state index contributed by atoms with van der Waals surface area (Å²) in [6, 6.07) is 5.74. The maximum atomic E-state index is 10.4. The lowest BCUT2D eigenvalue weighted by atomic mass is 9.97. The molecule has 3 aromatic rings. The van der Waals surface area contributed by atoms with Gasteiger partial charge in [-0.05, 0) is 66.6 Å². The Morgan fingerprint density at radius 1 is 1.32 bits per heavy atom. The molecule has 150 valence electrons. The molecule has 0 aliphatic rings. The number of benzene rings is 1. The van der Waals surface area contributed by atoms with E-state index in [2.05, 4.69) is 48.2 Å². The van der Waals surface area contributed by atoms with E-state index in [1.54, 1.807) is 20.2 Å². The van der Waals surface area contributed by atoms with E-state index in [0.29, 0.717) is 29.5 Å². The Kier molecular flexibility index (Phi) is 5.94. The number of aromatic nitrogens is 4. The molecule has 1 aromatic carbocycles. The minimum Gasteiger partial charge on any atom is -0.398 e. The predicted octanol–water partition coefficient (Wildman–Crippen LogP) is 3.12. The van der Waals surface area contributed by atoms with Crippen molar-refractivity contribution in [2.24, 2.45) is 7.05 Å². The summed E-state index contributed by atoms with van der Waals surface area (Å²) in [7, 11) is 1.89. The topological polar surface area (TPSA) is 114 Å². The van der Waals surface area contributed by atoms with Crippen LogP contribution in [0, 0.1) is 3.57 Å². The third kappa shape index (κ3) is 4.46. The Hall–Kier alpha value is -2.14. The van der Waals surface area contributed by atoms with E-state index in [1.165, 1.54) is 0 Å². The highest BCUT2D eigenvalue weighted by atomic mass is 127. The number of nitrogens with zero attached hydrogens (tertiary/aromatic N) is 4. The molecule has 0 saturated heterocycles. The van der Waals surface area contributed by atoms with Crippen molar-refractivity contribution >= 4 is 51.2 Å². The largest absolute Gasteiger partial charge is 0.398 e. The molecular formula is C19H26IN7O. The number of nitrogens with one attached hydrogen (secondary N) is 2. The number of imidazole rings is 1. The first-order chi connectivity index (χ1) is 13.2. The number of anilines is 3. The van der Waals surface area contributed by atoms with Crippen LogP contribution in [0.1, 0.15) is 32.8 Å². The molecule has 1 unspecified atom stereocenters. The standard InChI is InChI=1S/C19H26IN7O/c1-5-14(19(2,3)28)24-18-25-16(15-17(26-18)27(4)10-23-15)22-9-11-8-12(20)6-7-13(11)21/h6-8,10,14,28H,5,9,21H2,1-4H3,(H2,22,24,25,26). The Morgan fingerprint density at radius 3 is 2.75 bits per heavy atom. The number of aliphatic hydroxyl groups is 1. The van der Waals surface area contributed by atoms with Crippen molar-refractivity contribution in [1.29, 1.82) is 0 Å². The third-order valence-electron chi connectivity index (χ3n) is 4.68. The number of nitrogens with two attached hydrogens (primary N) is 1. The first-order valence-electron chi connectivity index (χ1n) is 9.14. The quantitative estimate of drug-likeness (QED) is 0.294. The highest BCUT2D eigenvalue weighted by Crippen LogP contribution is 2.24. The van der Waals surface area contributed by atoms with Gasteiger partial charge in [-0.15, -0.1) is 0 Å². The van der Waals surface area contributed by atoms with Gasteiger partial charge in [0.2, 0.25) is 5.95 Å². The summed E-state index contributed by atoms with van der Waals surface area (Å²) in [6.07, 6.45) is 2.44. The molecule has 0 fully saturated rings. The Labute approximate surface area is 178 Å². The van der Waals surface area contributed by atoms with Crippen molar-refractivity contribution in [2.75, 3.05) is 16.4 Å². The maximum absolute atomic E-state index is 10.4. The van der Waals surface area contributed by atoms with Crippen LogP contribution < -0.4 is 16.4 Å². The molecule has 8 nitrogen and oxygen atoms in total. The highest BCUT2D eigenvalue weighted by Gasteiger charge is 2.26. The van der Waals surface area contributed by atoms with Gasteiger partial charge in [0.15, 0.2) is 17.0 Å². The maximum Gasteiger partial charge on any atom is 0.227 e. The molecule has 2 aromatic heterocycles. The minimum atomic E-state index is -0.901. The first-order valence-corrected chi connectivity index (χ1v) is 10.2. The van der Waals surface area contributed by atoms with Crippen LogP contribution in [0.4, 0.5) is 17.5 Å². The predicted molar refractivity (Wildman–Crippen MR) is 121 cm³/mol. The number of aryl methyl sites for hydroxylation is 1. The molecule has 0 saturated carbocycles. The molecule has 28 heavy (non-hydrogen) atoms. The smallest absolute Gasteiger partial charge is 0.227 e. The average Bonchev–Trinajstić information content (AvgIpc) is 3.00. The monoisotopic (exact) mass is 495 g/mol. The summed E-state index contributed by atoms with van der Waals surface area (Å²) in [5.41, 5.74) is 8.31. The second-order valence-corrected chi connectivity index (χ2v) is 8.62. The van der Waals surface area contributed by atoms with Gasteiger partial charge in [-0.2, -0.15) is 9.97 Å². The van der Waals surface area contributed by atoms with Crippen LogP contribution >= 0.6 is 22.6 Å². The zero-order chi connectivity index (χ0) is 20.5. The fourth-order valence-corrected chi connectivity index (χ4v) is 3.59. The molecule has 5 N–H and O–H groups in total. The number of hydrogen-bond donors (Lipinski definition) is 4. The Bertz CT molecular complexity index is 980. The van der Waals surface area contributed by atoms with E-state index in [-0.39, 0.29) is 6.04 Å². The number of hydrogen-bond acceptors (Lipinski definition) is 7. The van der Waals surface area contributed by atoms with Gasteiger partial charge < -0.3 is 26.0 Å². The lowest BCUT2D eigenvalue weighted by molar-refractivity contribution is 0.0577. The molecule has 0 spiro atoms. The Morgan fingerprint density at radius 2 is 2.07 bits per heavy atom. The summed E-state index contributed by atoms with van der Waals surface area (Å²) in [5, 5.41) is 17.0. The molecule has 0 amide bonds. The molecule has 3 rings (SSSR count). The number of fused-ring (bicyclic) bond motifs is 1. The van der Waals surface area contributed by atoms with Gasteiger partial charge >= 0.3 is 0 Å². The fraction of sp³-hybridized carbons (Fsp3) is 0.421. The summed E-state index contributed by atoms with van der Waals surface area (Å²) >= 11 is 2.27. The van der Waals surface area contributed by atoms with Gasteiger partial charge in [-0.25, -0.2) is 4.98 Å². The van der Waals surface area contributed by atoms with Crippen molar-refractivity contribution in [2.45, 2.75) is 45.4 Å². The van der Waals surface area contributed by atoms with Crippen molar-refractivity contribution < 1.29 is 5.11 Å². The van der Waals surface area contributed by atoms with Crippen molar-refractivity contribution in [3.05, 3.63) is 33.7 Å². The number of rotatable bonds is 7. The molecule has 0 radical (unpaired) electrons. The van der Waals surface area contributed by atoms with Crippen LogP contribution in [0.15, 0.2) is 24.5 Å². The van der Waals surface area contributed by atoms with Gasteiger partial charge in [0, 0.05) is 22.8 Å². The zero-order valence-electron chi connectivity index (χ0n) is 16.5. The third-order valence-corrected chi connectivity index (χ3v) is 5.35. The summed E-state index contributed by atoms with van der Waals surface area (Å²) in [4.78, 5) is 13.6. The molecule has 0 aliphatic carbocycles. The average molecular weight is 495 g/mol. The zero-order valence-corrected chi connectivity index (χ0v) is 18.6. The van der Waals surface area contributed by atoms with Crippen molar-refractivity contribution in [3.63, 3.8) is 0 Å². The van der Waals surface area contributed by atoms with Gasteiger partial charge in [0.1, 0.15) is 0 Å². The minimum absolute atomic E-state index is 0.183. The van der Waals surface area contributed by atoms with Crippen LogP contribution in [0.5, 0.6) is 0 Å². The van der Waals surface area contributed by atoms with Crippen LogP contribution in [0.2, 0.25) is 0 Å². The molecule has 0 bridgehead atoms. The lowest BCUT2D eigenvalue weighted by Gasteiger charge is -2.29. The van der Waals surface area contributed by atoms with Crippen LogP contribution in [0.25, 0.3) is 11.2 Å². The number of halogens is 1. The van der Waals surface area contributed by atoms with Crippen LogP contribution in [0.3, 0.4) is 0 Å². The second-order valence-electron chi connectivity index (χ2n) is 7.38. The van der Waals surface area contributed by atoms with Gasteiger partial charge in [0.25, 0.3) is 0 Å². The summed E-state index contributed by atoms with van der Waals surface area (Å²) in [6.45, 7) is 6.08. The van der Waals surface area contributed by atoms with Gasteiger partial charge in [0.05, 0.1) is 18.0 Å². The first kappa shape index (κ1) is 20.6. The van der Waals surface area contributed by atoms with Gasteiger partial charge in [-0.3, -0.25) is 0 Å². The molecule has 1 atom stereocenters. The van der Waals surface area contributed by atoms with E-state index in [4.69, 9.17) is 5.73 Å². The van der Waals surface area contributed by atoms with Gasteiger partial charge in [-0.1, -0.05) is 6.92 Å². The fourth-order valence-electron chi connectivity index (χ4n) is 3.04.